The van der Waals surface area contributed by atoms with E-state index < -0.39 is 5.97 Å². The van der Waals surface area contributed by atoms with Crippen molar-refractivity contribution < 1.29 is 14.6 Å². The molecule has 0 heterocycles. The van der Waals surface area contributed by atoms with Crippen molar-refractivity contribution in [3.05, 3.63) is 70.9 Å². The first-order chi connectivity index (χ1) is 12.9. The van der Waals surface area contributed by atoms with E-state index >= 15 is 0 Å². The Kier molecular flexibility index (Phi) is 10.6. The van der Waals surface area contributed by atoms with Crippen LogP contribution in [0.25, 0.3) is 6.08 Å². The van der Waals surface area contributed by atoms with Crippen molar-refractivity contribution in [2.45, 2.75) is 53.4 Å². The van der Waals surface area contributed by atoms with Gasteiger partial charge < -0.3 is 9.84 Å². The molecule has 0 atom stereocenters. The first kappa shape index (κ1) is 22.5. The molecule has 0 fully saturated rings. The molecule has 0 saturated heterocycles. The van der Waals surface area contributed by atoms with Crippen LogP contribution in [0.15, 0.2) is 65.3 Å². The summed E-state index contributed by atoms with van der Waals surface area (Å²) in [6, 6.07) is 7.38. The highest BCUT2D eigenvalue weighted by atomic mass is 16.5. The quantitative estimate of drug-likeness (QED) is 0.354. The highest BCUT2D eigenvalue weighted by Gasteiger charge is 1.95. The molecule has 146 valence electrons. The zero-order chi connectivity index (χ0) is 20.1. The van der Waals surface area contributed by atoms with Gasteiger partial charge in [0.2, 0.25) is 0 Å². The Morgan fingerprint density at radius 3 is 2.11 bits per heavy atom. The van der Waals surface area contributed by atoms with Gasteiger partial charge >= 0.3 is 5.97 Å². The van der Waals surface area contributed by atoms with Crippen molar-refractivity contribution in [2.24, 2.45) is 0 Å². The molecule has 0 bridgehead atoms. The Labute approximate surface area is 163 Å². The van der Waals surface area contributed by atoms with Crippen molar-refractivity contribution >= 4 is 12.0 Å². The normalized spacial score (nSPS) is 12.3. The number of aliphatic carboxylic acids is 1. The van der Waals surface area contributed by atoms with Gasteiger partial charge in [-0.3, -0.25) is 0 Å². The fourth-order valence-corrected chi connectivity index (χ4v) is 2.46. The molecule has 1 aromatic carbocycles. The highest BCUT2D eigenvalue weighted by Crippen LogP contribution is 2.14. The minimum atomic E-state index is -0.950. The van der Waals surface area contributed by atoms with Crippen LogP contribution in [-0.4, -0.2) is 17.7 Å². The maximum atomic E-state index is 10.5. The molecule has 0 spiro atoms. The molecule has 0 amide bonds. The van der Waals surface area contributed by atoms with Crippen molar-refractivity contribution in [2.75, 3.05) is 6.61 Å². The fraction of sp³-hybridized carbons (Fsp3) is 0.375. The second-order valence-electron chi connectivity index (χ2n) is 7.01. The summed E-state index contributed by atoms with van der Waals surface area (Å²) in [7, 11) is 0. The van der Waals surface area contributed by atoms with Crippen LogP contribution in [0.4, 0.5) is 0 Å². The van der Waals surface area contributed by atoms with E-state index in [0.29, 0.717) is 6.61 Å². The van der Waals surface area contributed by atoms with E-state index in [1.807, 2.05) is 24.3 Å². The van der Waals surface area contributed by atoms with E-state index in [2.05, 4.69) is 45.9 Å². The summed E-state index contributed by atoms with van der Waals surface area (Å²) in [6.45, 7) is 9.16. The zero-order valence-corrected chi connectivity index (χ0v) is 17.0. The predicted octanol–water partition coefficient (Wildman–Crippen LogP) is 6.58. The van der Waals surface area contributed by atoms with Gasteiger partial charge in [0.25, 0.3) is 0 Å². The third kappa shape index (κ3) is 11.6. The molecule has 3 heteroatoms. The molecule has 0 aliphatic carbocycles. The number of benzene rings is 1. The molecule has 0 aliphatic rings. The van der Waals surface area contributed by atoms with Gasteiger partial charge in [-0.15, -0.1) is 0 Å². The average Bonchev–Trinajstić information content (AvgIpc) is 2.60. The third-order valence-electron chi connectivity index (χ3n) is 4.10. The summed E-state index contributed by atoms with van der Waals surface area (Å²) in [4.78, 5) is 10.5. The van der Waals surface area contributed by atoms with Crippen LogP contribution in [0, 0.1) is 0 Å². The topological polar surface area (TPSA) is 46.5 Å². The van der Waals surface area contributed by atoms with Crippen molar-refractivity contribution in [1.29, 1.82) is 0 Å². The minimum Gasteiger partial charge on any atom is -0.490 e. The summed E-state index contributed by atoms with van der Waals surface area (Å²) in [5.74, 6) is -0.171. The summed E-state index contributed by atoms with van der Waals surface area (Å²) in [6.07, 6.45) is 13.8. The lowest BCUT2D eigenvalue weighted by Gasteiger charge is -2.05. The van der Waals surface area contributed by atoms with Gasteiger partial charge in [0.15, 0.2) is 0 Å². The van der Waals surface area contributed by atoms with E-state index in [-0.39, 0.29) is 0 Å². The predicted molar refractivity (Wildman–Crippen MR) is 114 cm³/mol. The van der Waals surface area contributed by atoms with E-state index in [1.54, 1.807) is 6.08 Å². The van der Waals surface area contributed by atoms with Crippen LogP contribution in [0.2, 0.25) is 0 Å². The molecule has 0 aliphatic heterocycles. The first-order valence-corrected chi connectivity index (χ1v) is 9.45. The second kappa shape index (κ2) is 12.7. The molecule has 0 unspecified atom stereocenters. The van der Waals surface area contributed by atoms with Crippen LogP contribution < -0.4 is 4.74 Å². The van der Waals surface area contributed by atoms with Crippen molar-refractivity contribution in [3.63, 3.8) is 0 Å². The van der Waals surface area contributed by atoms with Gasteiger partial charge in [-0.2, -0.15) is 0 Å². The van der Waals surface area contributed by atoms with E-state index in [9.17, 15) is 4.79 Å². The van der Waals surface area contributed by atoms with Gasteiger partial charge in [-0.25, -0.2) is 4.79 Å². The van der Waals surface area contributed by atoms with Crippen LogP contribution in [0.5, 0.6) is 5.75 Å². The maximum absolute atomic E-state index is 10.5. The standard InChI is InChI=1S/C24H32O3/c1-19(2)7-5-8-20(3)9-6-10-21(4)17-18-27-23-14-11-22(12-15-23)13-16-24(25)26/h7,9,11-17H,5-6,8,10,18H2,1-4H3,(H,25,26)/b16-13+,20-9+,21-17+. The molecule has 1 N–H and O–H groups in total. The number of carboxylic acids is 1. The smallest absolute Gasteiger partial charge is 0.328 e. The lowest BCUT2D eigenvalue weighted by atomic mass is 10.1. The summed E-state index contributed by atoms with van der Waals surface area (Å²) < 4.78 is 5.72. The number of allylic oxidation sites excluding steroid dienone is 5. The Balaban J connectivity index is 2.34. The number of ether oxygens (including phenoxy) is 1. The molecule has 0 radical (unpaired) electrons. The third-order valence-corrected chi connectivity index (χ3v) is 4.10. The van der Waals surface area contributed by atoms with Gasteiger partial charge in [-0.1, -0.05) is 41.0 Å². The largest absolute Gasteiger partial charge is 0.490 e. The van der Waals surface area contributed by atoms with E-state index in [4.69, 9.17) is 9.84 Å². The Bertz CT molecular complexity index is 700. The lowest BCUT2D eigenvalue weighted by molar-refractivity contribution is -0.131. The van der Waals surface area contributed by atoms with Crippen LogP contribution >= 0.6 is 0 Å². The monoisotopic (exact) mass is 368 g/mol. The van der Waals surface area contributed by atoms with Crippen molar-refractivity contribution in [1.82, 2.24) is 0 Å². The summed E-state index contributed by atoms with van der Waals surface area (Å²) >= 11 is 0. The molecule has 3 nitrogen and oxygen atoms in total. The molecule has 0 saturated carbocycles. The SMILES string of the molecule is CC(C)=CCC/C(C)=C/CC/C(C)=C/COc1ccc(/C=C/C(=O)O)cc1. The van der Waals surface area contributed by atoms with E-state index in [0.717, 1.165) is 43.1 Å². The van der Waals surface area contributed by atoms with Gasteiger partial charge in [0.1, 0.15) is 12.4 Å². The van der Waals surface area contributed by atoms with Crippen LogP contribution in [0.3, 0.4) is 0 Å². The fourth-order valence-electron chi connectivity index (χ4n) is 2.46. The number of hydrogen-bond acceptors (Lipinski definition) is 2. The number of hydrogen-bond donors (Lipinski definition) is 1. The number of rotatable bonds is 11. The van der Waals surface area contributed by atoms with Crippen LogP contribution in [-0.2, 0) is 4.79 Å². The lowest BCUT2D eigenvalue weighted by Crippen LogP contribution is -1.94. The Morgan fingerprint density at radius 1 is 0.926 bits per heavy atom. The molecule has 27 heavy (non-hydrogen) atoms. The molecular formula is C24H32O3. The molecule has 1 rings (SSSR count). The van der Waals surface area contributed by atoms with Gasteiger partial charge in [0.05, 0.1) is 0 Å². The average molecular weight is 369 g/mol. The van der Waals surface area contributed by atoms with Gasteiger partial charge in [-0.05, 0) is 83.2 Å². The Hall–Kier alpha value is -2.55. The summed E-state index contributed by atoms with van der Waals surface area (Å²) in [5, 5.41) is 8.62. The maximum Gasteiger partial charge on any atom is 0.328 e. The summed E-state index contributed by atoms with van der Waals surface area (Å²) in [5.41, 5.74) is 4.99. The highest BCUT2D eigenvalue weighted by molar-refractivity contribution is 5.85. The van der Waals surface area contributed by atoms with Crippen LogP contribution in [0.1, 0.15) is 58.9 Å². The van der Waals surface area contributed by atoms with Gasteiger partial charge in [0, 0.05) is 6.08 Å². The molecule has 1 aromatic rings. The Morgan fingerprint density at radius 2 is 1.52 bits per heavy atom. The zero-order valence-electron chi connectivity index (χ0n) is 17.0. The van der Waals surface area contributed by atoms with Crippen molar-refractivity contribution in [3.8, 4) is 5.75 Å². The first-order valence-electron chi connectivity index (χ1n) is 9.45. The second-order valence-corrected chi connectivity index (χ2v) is 7.01. The number of carboxylic acid groups (broad SMARTS) is 1. The molecular weight excluding hydrogens is 336 g/mol. The van der Waals surface area contributed by atoms with E-state index in [1.165, 1.54) is 16.7 Å². The number of carbonyl (C=O) groups is 1. The minimum absolute atomic E-state index is 0.541. The molecule has 0 aromatic heterocycles.